The van der Waals surface area contributed by atoms with E-state index in [1.807, 2.05) is 68.1 Å². The lowest BCUT2D eigenvalue weighted by Gasteiger charge is -2.21. The molecule has 28 heavy (non-hydrogen) atoms. The Morgan fingerprint density at radius 2 is 2.00 bits per heavy atom. The van der Waals surface area contributed by atoms with Crippen LogP contribution in [0.1, 0.15) is 30.9 Å². The number of ether oxygens (including phenoxy) is 1. The zero-order chi connectivity index (χ0) is 20.1. The van der Waals surface area contributed by atoms with Crippen LogP contribution in [-0.4, -0.2) is 30.2 Å². The standard InChI is InChI=1S/C22H27N3O2S/c1-15-10-11-18(13-19(15)25-12-6-9-21(25)26)24-22(28)23-17(3)14-27-20-8-5-4-7-16(20)2/h4-5,7-8,10-11,13,17H,6,9,12,14H2,1-3H3,(H2,23,24,28)/t17-/m1/s1. The number of para-hydroxylation sites is 1. The van der Waals surface area contributed by atoms with E-state index in [1.54, 1.807) is 0 Å². The second kappa shape index (κ2) is 9.06. The second-order valence-corrected chi connectivity index (χ2v) is 7.63. The van der Waals surface area contributed by atoms with Gasteiger partial charge in [-0.2, -0.15) is 0 Å². The molecule has 0 saturated carbocycles. The van der Waals surface area contributed by atoms with Crippen molar-refractivity contribution >= 4 is 34.6 Å². The van der Waals surface area contributed by atoms with Crippen molar-refractivity contribution in [1.82, 2.24) is 5.32 Å². The first-order valence-electron chi connectivity index (χ1n) is 9.61. The van der Waals surface area contributed by atoms with Crippen LogP contribution in [0.4, 0.5) is 11.4 Å². The zero-order valence-corrected chi connectivity index (χ0v) is 17.4. The van der Waals surface area contributed by atoms with Crippen molar-refractivity contribution in [2.75, 3.05) is 23.4 Å². The van der Waals surface area contributed by atoms with Gasteiger partial charge in [-0.25, -0.2) is 0 Å². The maximum absolute atomic E-state index is 12.1. The van der Waals surface area contributed by atoms with Gasteiger partial charge in [-0.3, -0.25) is 4.79 Å². The van der Waals surface area contributed by atoms with Gasteiger partial charge in [-0.05, 0) is 68.7 Å². The molecule has 148 valence electrons. The topological polar surface area (TPSA) is 53.6 Å². The lowest BCUT2D eigenvalue weighted by molar-refractivity contribution is -0.117. The first-order chi connectivity index (χ1) is 13.4. The molecule has 1 aliphatic rings. The summed E-state index contributed by atoms with van der Waals surface area (Å²) >= 11 is 5.44. The van der Waals surface area contributed by atoms with Crippen molar-refractivity contribution in [2.24, 2.45) is 0 Å². The number of amides is 1. The fourth-order valence-corrected chi connectivity index (χ4v) is 3.57. The molecule has 1 aliphatic heterocycles. The number of hydrogen-bond acceptors (Lipinski definition) is 3. The normalized spacial score (nSPS) is 14.7. The van der Waals surface area contributed by atoms with Crippen LogP contribution in [0.3, 0.4) is 0 Å². The van der Waals surface area contributed by atoms with Crippen LogP contribution in [-0.2, 0) is 4.79 Å². The van der Waals surface area contributed by atoms with Crippen LogP contribution in [0, 0.1) is 13.8 Å². The summed E-state index contributed by atoms with van der Waals surface area (Å²) in [5.74, 6) is 1.07. The van der Waals surface area contributed by atoms with Crippen LogP contribution in [0.15, 0.2) is 42.5 Å². The Balaban J connectivity index is 1.55. The minimum atomic E-state index is 0.0460. The summed E-state index contributed by atoms with van der Waals surface area (Å²) in [7, 11) is 0. The van der Waals surface area contributed by atoms with E-state index in [4.69, 9.17) is 17.0 Å². The number of nitrogens with one attached hydrogen (secondary N) is 2. The second-order valence-electron chi connectivity index (χ2n) is 7.23. The number of aryl methyl sites for hydroxylation is 2. The van der Waals surface area contributed by atoms with Crippen molar-refractivity contribution in [3.8, 4) is 5.75 Å². The molecule has 5 nitrogen and oxygen atoms in total. The molecule has 1 saturated heterocycles. The molecule has 3 rings (SSSR count). The van der Waals surface area contributed by atoms with Crippen LogP contribution in [0.5, 0.6) is 5.75 Å². The quantitative estimate of drug-likeness (QED) is 0.716. The summed E-state index contributed by atoms with van der Waals surface area (Å²) in [6.45, 7) is 7.36. The van der Waals surface area contributed by atoms with Gasteiger partial charge in [0.1, 0.15) is 12.4 Å². The monoisotopic (exact) mass is 397 g/mol. The molecule has 1 heterocycles. The minimum Gasteiger partial charge on any atom is -0.491 e. The Kier molecular flexibility index (Phi) is 6.52. The maximum Gasteiger partial charge on any atom is 0.227 e. The Labute approximate surface area is 172 Å². The number of carbonyl (C=O) groups is 1. The number of carbonyl (C=O) groups excluding carboxylic acids is 1. The Bertz CT molecular complexity index is 869. The molecule has 1 amide bonds. The van der Waals surface area contributed by atoms with Gasteiger partial charge in [-0.1, -0.05) is 24.3 Å². The van der Waals surface area contributed by atoms with Crippen molar-refractivity contribution in [2.45, 2.75) is 39.7 Å². The molecule has 1 fully saturated rings. The van der Waals surface area contributed by atoms with E-state index in [0.717, 1.165) is 41.2 Å². The third kappa shape index (κ3) is 5.01. The molecule has 0 aromatic heterocycles. The fraction of sp³-hybridized carbons (Fsp3) is 0.364. The van der Waals surface area contributed by atoms with Crippen molar-refractivity contribution in [3.05, 3.63) is 53.6 Å². The van der Waals surface area contributed by atoms with E-state index in [9.17, 15) is 4.79 Å². The number of hydrogen-bond donors (Lipinski definition) is 2. The number of benzene rings is 2. The Morgan fingerprint density at radius 1 is 1.21 bits per heavy atom. The number of thiocarbonyl (C=S) groups is 1. The lowest BCUT2D eigenvalue weighted by Crippen LogP contribution is -2.39. The van der Waals surface area contributed by atoms with Gasteiger partial charge in [0, 0.05) is 24.3 Å². The number of nitrogens with zero attached hydrogens (tertiary/aromatic N) is 1. The molecule has 0 unspecified atom stereocenters. The highest BCUT2D eigenvalue weighted by Crippen LogP contribution is 2.28. The molecule has 2 aromatic carbocycles. The fourth-order valence-electron chi connectivity index (χ4n) is 3.25. The van der Waals surface area contributed by atoms with E-state index in [0.29, 0.717) is 18.1 Å². The van der Waals surface area contributed by atoms with E-state index in [1.165, 1.54) is 0 Å². The molecule has 0 spiro atoms. The average molecular weight is 398 g/mol. The molecule has 0 aliphatic carbocycles. The molecule has 2 N–H and O–H groups in total. The van der Waals surface area contributed by atoms with Gasteiger partial charge in [-0.15, -0.1) is 0 Å². The molecular weight excluding hydrogens is 370 g/mol. The minimum absolute atomic E-state index is 0.0460. The van der Waals surface area contributed by atoms with Gasteiger partial charge in [0.05, 0.1) is 6.04 Å². The third-order valence-corrected chi connectivity index (χ3v) is 5.01. The highest BCUT2D eigenvalue weighted by molar-refractivity contribution is 7.80. The number of anilines is 2. The smallest absolute Gasteiger partial charge is 0.227 e. The summed E-state index contributed by atoms with van der Waals surface area (Å²) in [5, 5.41) is 6.99. The predicted octanol–water partition coefficient (Wildman–Crippen LogP) is 4.18. The molecule has 2 aromatic rings. The summed E-state index contributed by atoms with van der Waals surface area (Å²) in [6, 6.07) is 14.0. The van der Waals surface area contributed by atoms with Gasteiger partial charge < -0.3 is 20.3 Å². The highest BCUT2D eigenvalue weighted by atomic mass is 32.1. The largest absolute Gasteiger partial charge is 0.491 e. The van der Waals surface area contributed by atoms with Gasteiger partial charge in [0.25, 0.3) is 0 Å². The molecule has 1 atom stereocenters. The zero-order valence-electron chi connectivity index (χ0n) is 16.6. The molecule has 6 heteroatoms. The van der Waals surface area contributed by atoms with Crippen molar-refractivity contribution in [3.63, 3.8) is 0 Å². The highest BCUT2D eigenvalue weighted by Gasteiger charge is 2.23. The maximum atomic E-state index is 12.1. The van der Waals surface area contributed by atoms with Crippen molar-refractivity contribution < 1.29 is 9.53 Å². The van der Waals surface area contributed by atoms with Crippen LogP contribution in [0.25, 0.3) is 0 Å². The van der Waals surface area contributed by atoms with Crippen molar-refractivity contribution in [1.29, 1.82) is 0 Å². The lowest BCUT2D eigenvalue weighted by atomic mass is 10.1. The predicted molar refractivity (Wildman–Crippen MR) is 118 cm³/mol. The van der Waals surface area contributed by atoms with Crippen LogP contribution >= 0.6 is 12.2 Å². The molecule has 0 radical (unpaired) electrons. The SMILES string of the molecule is Cc1ccccc1OC[C@@H](C)NC(=S)Nc1ccc(C)c(N2CCCC2=O)c1. The van der Waals surface area contributed by atoms with Gasteiger partial charge in [0.15, 0.2) is 5.11 Å². The summed E-state index contributed by atoms with van der Waals surface area (Å²) in [4.78, 5) is 13.9. The van der Waals surface area contributed by atoms with E-state index < -0.39 is 0 Å². The van der Waals surface area contributed by atoms with Gasteiger partial charge in [0.2, 0.25) is 5.91 Å². The first-order valence-corrected chi connectivity index (χ1v) is 10.0. The van der Waals surface area contributed by atoms with E-state index in [2.05, 4.69) is 10.6 Å². The first kappa shape index (κ1) is 20.1. The van der Waals surface area contributed by atoms with Crippen LogP contribution in [0.2, 0.25) is 0 Å². The molecule has 0 bridgehead atoms. The van der Waals surface area contributed by atoms with E-state index in [-0.39, 0.29) is 11.9 Å². The average Bonchev–Trinajstić information content (AvgIpc) is 3.08. The Morgan fingerprint density at radius 3 is 2.71 bits per heavy atom. The van der Waals surface area contributed by atoms with Gasteiger partial charge >= 0.3 is 0 Å². The number of rotatable bonds is 6. The Hall–Kier alpha value is -2.60. The summed E-state index contributed by atoms with van der Waals surface area (Å²) in [5.41, 5.74) is 4.01. The van der Waals surface area contributed by atoms with E-state index >= 15 is 0 Å². The third-order valence-electron chi connectivity index (χ3n) is 4.79. The van der Waals surface area contributed by atoms with Crippen LogP contribution < -0.4 is 20.3 Å². The molecular formula is C22H27N3O2S. The summed E-state index contributed by atoms with van der Waals surface area (Å²) < 4.78 is 5.87. The summed E-state index contributed by atoms with van der Waals surface area (Å²) in [6.07, 6.45) is 1.53.